The number of H-pyrrole nitrogens is 1. The summed E-state index contributed by atoms with van der Waals surface area (Å²) < 4.78 is 106. The van der Waals surface area contributed by atoms with Gasteiger partial charge in [-0.15, -0.1) is 0 Å². The zero-order valence-corrected chi connectivity index (χ0v) is 26.1. The van der Waals surface area contributed by atoms with E-state index in [0.29, 0.717) is 47.7 Å². The van der Waals surface area contributed by atoms with Gasteiger partial charge in [0.05, 0.1) is 32.9 Å². The second-order valence-corrected chi connectivity index (χ2v) is 12.8. The van der Waals surface area contributed by atoms with E-state index in [9.17, 15) is 44.3 Å². The molecule has 2 heterocycles. The zero-order valence-electron chi connectivity index (χ0n) is 25.3. The third-order valence-electron chi connectivity index (χ3n) is 7.74. The fourth-order valence-corrected chi connectivity index (χ4v) is 6.61. The summed E-state index contributed by atoms with van der Waals surface area (Å²) in [6, 6.07) is 4.19. The Labute approximate surface area is 261 Å². The number of amides is 2. The third kappa shape index (κ3) is 7.47. The topological polar surface area (TPSA) is 111 Å². The molecule has 248 valence electrons. The van der Waals surface area contributed by atoms with E-state index >= 15 is 0 Å². The maximum Gasteiger partial charge on any atom is 0.416 e. The number of rotatable bonds is 10. The molecular formula is C31H32F6N4O4S. The Kier molecular flexibility index (Phi) is 9.78. The molecule has 0 aliphatic carbocycles. The number of hydrogen-bond acceptors (Lipinski definition) is 5. The normalized spacial score (nSPS) is 14.6. The van der Waals surface area contributed by atoms with E-state index in [1.807, 2.05) is 13.8 Å². The van der Waals surface area contributed by atoms with Gasteiger partial charge in [-0.2, -0.15) is 26.3 Å². The van der Waals surface area contributed by atoms with E-state index in [1.165, 1.54) is 12.1 Å². The first kappa shape index (κ1) is 34.8. The van der Waals surface area contributed by atoms with Crippen molar-refractivity contribution in [2.45, 2.75) is 50.7 Å². The van der Waals surface area contributed by atoms with Crippen LogP contribution in [0, 0.1) is 13.8 Å². The van der Waals surface area contributed by atoms with Crippen molar-refractivity contribution in [3.05, 3.63) is 81.2 Å². The number of carbonyl (C=O) groups is 2. The largest absolute Gasteiger partial charge is 0.416 e. The van der Waals surface area contributed by atoms with Crippen LogP contribution in [0.1, 0.15) is 63.4 Å². The van der Waals surface area contributed by atoms with E-state index in [1.54, 1.807) is 13.8 Å². The Balaban J connectivity index is 1.65. The number of aromatic nitrogens is 1. The smallest absolute Gasteiger partial charge is 0.358 e. The van der Waals surface area contributed by atoms with E-state index in [0.717, 1.165) is 25.2 Å². The molecule has 4 rings (SSSR count). The molecule has 0 spiro atoms. The highest BCUT2D eigenvalue weighted by molar-refractivity contribution is 7.90. The van der Waals surface area contributed by atoms with Crippen molar-refractivity contribution >= 4 is 39.0 Å². The Morgan fingerprint density at radius 1 is 0.957 bits per heavy atom. The van der Waals surface area contributed by atoms with Crippen LogP contribution in [0.3, 0.4) is 0 Å². The Bertz CT molecular complexity index is 1770. The van der Waals surface area contributed by atoms with E-state index in [-0.39, 0.29) is 28.8 Å². The number of carbonyl (C=O) groups excluding carboxylic acids is 2. The van der Waals surface area contributed by atoms with Gasteiger partial charge in [-0.05, 0) is 80.5 Å². The third-order valence-corrected chi connectivity index (χ3v) is 9.42. The summed E-state index contributed by atoms with van der Waals surface area (Å²) in [6.07, 6.45) is -8.83. The number of fused-ring (bicyclic) bond motifs is 1. The van der Waals surface area contributed by atoms with Crippen LogP contribution in [0.4, 0.5) is 32.0 Å². The maximum atomic E-state index is 13.3. The lowest BCUT2D eigenvalue weighted by Crippen LogP contribution is -2.35. The van der Waals surface area contributed by atoms with Crippen LogP contribution in [-0.2, 0) is 32.7 Å². The molecule has 1 aliphatic rings. The van der Waals surface area contributed by atoms with Gasteiger partial charge in [0.2, 0.25) is 0 Å². The van der Waals surface area contributed by atoms with Gasteiger partial charge in [0, 0.05) is 35.7 Å². The molecule has 0 radical (unpaired) electrons. The summed E-state index contributed by atoms with van der Waals surface area (Å²) in [6.45, 7) is 10.2. The molecule has 2 amide bonds. The standard InChI is InChI=1S/C31H32F6N4O4S/c1-5-41(6-2)10-9-38-29(43)27-17(3)26(39-18(27)4)15-24-23-14-22(7-8-25(23)40-28(24)42)46(44,45)16-19-11-20(30(32,33)34)13-21(12-19)31(35,36)37/h7-8,11-15,39H,5-6,9-10,16H2,1-4H3,(H,38,43)(H,40,42)/b24-15-. The maximum absolute atomic E-state index is 13.3. The van der Waals surface area contributed by atoms with Crippen LogP contribution in [0.25, 0.3) is 11.6 Å². The van der Waals surface area contributed by atoms with Crippen molar-refractivity contribution in [3.8, 4) is 0 Å². The summed E-state index contributed by atoms with van der Waals surface area (Å²) in [5.74, 6) is -2.04. The number of nitrogens with one attached hydrogen (secondary N) is 3. The van der Waals surface area contributed by atoms with Crippen LogP contribution in [0.15, 0.2) is 41.3 Å². The number of likely N-dealkylation sites (N-methyl/N-ethyl adjacent to an activating group) is 1. The minimum Gasteiger partial charge on any atom is -0.358 e. The molecule has 1 aromatic heterocycles. The van der Waals surface area contributed by atoms with Gasteiger partial charge in [-0.25, -0.2) is 8.42 Å². The number of sulfone groups is 1. The SMILES string of the molecule is CCN(CC)CCNC(=O)c1c(C)[nH]c(/C=C2\C(=O)Nc3ccc(S(=O)(=O)Cc4cc(C(F)(F)F)cc(C(F)(F)F)c4)cc32)c1C. The van der Waals surface area contributed by atoms with E-state index < -0.39 is 55.4 Å². The van der Waals surface area contributed by atoms with E-state index in [2.05, 4.69) is 20.5 Å². The number of nitrogens with zero attached hydrogens (tertiary/aromatic N) is 1. The monoisotopic (exact) mass is 670 g/mol. The summed E-state index contributed by atoms with van der Waals surface area (Å²) in [5.41, 5.74) is -1.62. The molecule has 0 atom stereocenters. The molecule has 0 bridgehead atoms. The van der Waals surface area contributed by atoms with Gasteiger partial charge < -0.3 is 20.5 Å². The Hall–Kier alpha value is -4.11. The molecule has 0 saturated carbocycles. The molecular weight excluding hydrogens is 638 g/mol. The van der Waals surface area contributed by atoms with E-state index in [4.69, 9.17) is 0 Å². The van der Waals surface area contributed by atoms with Crippen molar-refractivity contribution < 1.29 is 44.3 Å². The van der Waals surface area contributed by atoms with Crippen LogP contribution in [-0.4, -0.2) is 56.3 Å². The molecule has 0 fully saturated rings. The highest BCUT2D eigenvalue weighted by Crippen LogP contribution is 2.39. The highest BCUT2D eigenvalue weighted by Gasteiger charge is 2.37. The van der Waals surface area contributed by atoms with Crippen molar-refractivity contribution in [2.75, 3.05) is 31.5 Å². The summed E-state index contributed by atoms with van der Waals surface area (Å²) >= 11 is 0. The first-order valence-corrected chi connectivity index (χ1v) is 15.9. The Morgan fingerprint density at radius 3 is 2.13 bits per heavy atom. The van der Waals surface area contributed by atoms with Gasteiger partial charge >= 0.3 is 12.4 Å². The number of aryl methyl sites for hydroxylation is 1. The van der Waals surface area contributed by atoms with Crippen LogP contribution in [0.2, 0.25) is 0 Å². The molecule has 46 heavy (non-hydrogen) atoms. The van der Waals surface area contributed by atoms with Crippen molar-refractivity contribution in [3.63, 3.8) is 0 Å². The predicted molar refractivity (Wildman–Crippen MR) is 161 cm³/mol. The van der Waals surface area contributed by atoms with Crippen molar-refractivity contribution in [2.24, 2.45) is 0 Å². The molecule has 8 nitrogen and oxygen atoms in total. The van der Waals surface area contributed by atoms with Gasteiger partial charge in [0.15, 0.2) is 9.84 Å². The molecule has 1 aliphatic heterocycles. The van der Waals surface area contributed by atoms with Crippen LogP contribution < -0.4 is 10.6 Å². The number of hydrogen-bond donors (Lipinski definition) is 3. The molecule has 3 N–H and O–H groups in total. The highest BCUT2D eigenvalue weighted by atomic mass is 32.2. The summed E-state index contributed by atoms with van der Waals surface area (Å²) in [5, 5.41) is 5.49. The van der Waals surface area contributed by atoms with Gasteiger partial charge in [0.25, 0.3) is 11.8 Å². The van der Waals surface area contributed by atoms with Crippen molar-refractivity contribution in [1.82, 2.24) is 15.2 Å². The lowest BCUT2D eigenvalue weighted by Gasteiger charge is -2.18. The summed E-state index contributed by atoms with van der Waals surface area (Å²) in [7, 11) is -4.48. The molecule has 3 aromatic rings. The number of alkyl halides is 6. The Morgan fingerprint density at radius 2 is 1.57 bits per heavy atom. The zero-order chi connectivity index (χ0) is 34.2. The summed E-state index contributed by atoms with van der Waals surface area (Å²) in [4.78, 5) is 30.7. The van der Waals surface area contributed by atoms with Gasteiger partial charge in [-0.3, -0.25) is 9.59 Å². The van der Waals surface area contributed by atoms with Crippen LogP contribution >= 0.6 is 0 Å². The minimum atomic E-state index is -5.14. The average molecular weight is 671 g/mol. The number of aromatic amines is 1. The molecule has 0 unspecified atom stereocenters. The van der Waals surface area contributed by atoms with Crippen molar-refractivity contribution in [1.29, 1.82) is 0 Å². The molecule has 15 heteroatoms. The predicted octanol–water partition coefficient (Wildman–Crippen LogP) is 6.21. The minimum absolute atomic E-state index is 0.0447. The number of halogens is 6. The number of benzene rings is 2. The second kappa shape index (κ2) is 12.9. The van der Waals surface area contributed by atoms with Gasteiger partial charge in [0.1, 0.15) is 0 Å². The first-order chi connectivity index (χ1) is 21.3. The second-order valence-electron chi connectivity index (χ2n) is 10.8. The fraction of sp³-hybridized carbons (Fsp3) is 0.355. The molecule has 0 saturated heterocycles. The fourth-order valence-electron chi connectivity index (χ4n) is 5.27. The van der Waals surface area contributed by atoms with Gasteiger partial charge in [-0.1, -0.05) is 13.8 Å². The quantitative estimate of drug-likeness (QED) is 0.176. The molecule has 2 aromatic carbocycles. The average Bonchev–Trinajstić information content (AvgIpc) is 3.42. The lowest BCUT2D eigenvalue weighted by atomic mass is 10.0. The first-order valence-electron chi connectivity index (χ1n) is 14.2. The number of anilines is 1. The lowest BCUT2D eigenvalue weighted by molar-refractivity contribution is -0.143. The van der Waals surface area contributed by atoms with Crippen LogP contribution in [0.5, 0.6) is 0 Å².